The lowest BCUT2D eigenvalue weighted by Crippen LogP contribution is -2.43. The lowest BCUT2D eigenvalue weighted by atomic mass is 9.96. The second kappa shape index (κ2) is 6.98. The highest BCUT2D eigenvalue weighted by atomic mass is 16.7. The quantitative estimate of drug-likeness (QED) is 0.747. The van der Waals surface area contributed by atoms with E-state index in [0.29, 0.717) is 17.1 Å². The molecule has 2 atom stereocenters. The molecule has 3 rings (SSSR count). The van der Waals surface area contributed by atoms with Gasteiger partial charge >= 0.3 is 5.97 Å². The van der Waals surface area contributed by atoms with Crippen LogP contribution in [-0.2, 0) is 36.2 Å². The summed E-state index contributed by atoms with van der Waals surface area (Å²) in [5.41, 5.74) is 0.860. The van der Waals surface area contributed by atoms with Gasteiger partial charge in [0.25, 0.3) is 0 Å². The molecule has 7 nitrogen and oxygen atoms in total. The van der Waals surface area contributed by atoms with Crippen molar-refractivity contribution < 1.29 is 33.3 Å². The molecule has 0 N–H and O–H groups in total. The predicted octanol–water partition coefficient (Wildman–Crippen LogP) is 2.50. The van der Waals surface area contributed by atoms with Gasteiger partial charge in [0, 0.05) is 6.07 Å². The van der Waals surface area contributed by atoms with Crippen LogP contribution in [-0.4, -0.2) is 38.7 Å². The number of ether oxygens (including phenoxy) is 5. The monoisotopic (exact) mass is 376 g/mol. The average Bonchev–Trinajstić information content (AvgIpc) is 2.99. The van der Waals surface area contributed by atoms with Crippen LogP contribution in [0.25, 0.3) is 0 Å². The van der Waals surface area contributed by atoms with E-state index in [4.69, 9.17) is 23.7 Å². The van der Waals surface area contributed by atoms with Crippen LogP contribution < -0.4 is 9.47 Å². The third-order valence-corrected chi connectivity index (χ3v) is 4.48. The minimum atomic E-state index is -1.26. The molecule has 0 radical (unpaired) electrons. The van der Waals surface area contributed by atoms with E-state index < -0.39 is 23.3 Å². The van der Waals surface area contributed by atoms with Gasteiger partial charge in [0.05, 0.1) is 31.8 Å². The van der Waals surface area contributed by atoms with Crippen molar-refractivity contribution >= 4 is 11.8 Å². The Morgan fingerprint density at radius 2 is 2.00 bits per heavy atom. The molecule has 0 unspecified atom stereocenters. The van der Waals surface area contributed by atoms with Crippen molar-refractivity contribution in [2.24, 2.45) is 5.41 Å². The van der Waals surface area contributed by atoms with Crippen molar-refractivity contribution in [2.75, 3.05) is 20.8 Å². The Kier molecular flexibility index (Phi) is 5.01. The summed E-state index contributed by atoms with van der Waals surface area (Å²) < 4.78 is 28.0. The Labute approximate surface area is 158 Å². The molecule has 27 heavy (non-hydrogen) atoms. The standard InChI is InChI=1S/C20H24O7/c1-19(2,3)18(22)25-11-16-14(21)6-7-20(27-16)17-12(10-26-20)8-13(23-4)9-15(17)24-5/h6-9,16H,10-11H2,1-5H3/t16-,20+/m1/s1. The van der Waals surface area contributed by atoms with E-state index in [9.17, 15) is 9.59 Å². The lowest BCUT2D eigenvalue weighted by Gasteiger charge is -2.34. The summed E-state index contributed by atoms with van der Waals surface area (Å²) in [7, 11) is 3.11. The molecule has 0 saturated heterocycles. The van der Waals surface area contributed by atoms with Gasteiger partial charge in [0.15, 0.2) is 11.9 Å². The number of benzene rings is 1. The maximum absolute atomic E-state index is 12.3. The van der Waals surface area contributed by atoms with Gasteiger partial charge in [-0.3, -0.25) is 9.59 Å². The molecule has 0 fully saturated rings. The van der Waals surface area contributed by atoms with Crippen LogP contribution in [0, 0.1) is 5.41 Å². The van der Waals surface area contributed by atoms with Gasteiger partial charge < -0.3 is 23.7 Å². The highest BCUT2D eigenvalue weighted by Crippen LogP contribution is 2.47. The summed E-state index contributed by atoms with van der Waals surface area (Å²) in [6, 6.07) is 3.58. The molecule has 0 aliphatic carbocycles. The highest BCUT2D eigenvalue weighted by molar-refractivity contribution is 5.95. The smallest absolute Gasteiger partial charge is 0.311 e. The molecule has 2 aliphatic rings. The molecule has 0 aromatic heterocycles. The van der Waals surface area contributed by atoms with Gasteiger partial charge in [-0.25, -0.2) is 0 Å². The van der Waals surface area contributed by atoms with E-state index in [-0.39, 0.29) is 19.0 Å². The molecule has 1 aromatic carbocycles. The summed E-state index contributed by atoms with van der Waals surface area (Å²) in [5, 5.41) is 0. The van der Waals surface area contributed by atoms with E-state index in [1.54, 1.807) is 47.1 Å². The van der Waals surface area contributed by atoms with Crippen molar-refractivity contribution in [3.63, 3.8) is 0 Å². The molecular weight excluding hydrogens is 352 g/mol. The number of rotatable bonds is 4. The average molecular weight is 376 g/mol. The van der Waals surface area contributed by atoms with Crippen LogP contribution in [0.15, 0.2) is 24.3 Å². The first-order valence-corrected chi connectivity index (χ1v) is 8.67. The van der Waals surface area contributed by atoms with Gasteiger partial charge in [0.1, 0.15) is 18.1 Å². The van der Waals surface area contributed by atoms with E-state index in [1.807, 2.05) is 6.07 Å². The van der Waals surface area contributed by atoms with Crippen molar-refractivity contribution in [3.8, 4) is 11.5 Å². The molecule has 1 aromatic rings. The van der Waals surface area contributed by atoms with E-state index in [2.05, 4.69) is 0 Å². The van der Waals surface area contributed by atoms with Crippen LogP contribution in [0.3, 0.4) is 0 Å². The topological polar surface area (TPSA) is 80.3 Å². The van der Waals surface area contributed by atoms with E-state index in [0.717, 1.165) is 5.56 Å². The summed E-state index contributed by atoms with van der Waals surface area (Å²) in [5.74, 6) is -0.784. The molecule has 2 aliphatic heterocycles. The minimum absolute atomic E-state index is 0.182. The molecule has 0 amide bonds. The lowest BCUT2D eigenvalue weighted by molar-refractivity contribution is -0.238. The van der Waals surface area contributed by atoms with Gasteiger partial charge in [-0.05, 0) is 44.6 Å². The third-order valence-electron chi connectivity index (χ3n) is 4.48. The fourth-order valence-corrected chi connectivity index (χ4v) is 3.01. The number of carbonyl (C=O) groups excluding carboxylic acids is 2. The molecule has 1 spiro atoms. The van der Waals surface area contributed by atoms with Gasteiger partial charge in [-0.1, -0.05) is 0 Å². The Hall–Kier alpha value is -2.38. The van der Waals surface area contributed by atoms with Gasteiger partial charge in [-0.15, -0.1) is 0 Å². The fraction of sp³-hybridized carbons (Fsp3) is 0.500. The summed E-state index contributed by atoms with van der Waals surface area (Å²) >= 11 is 0. The summed E-state index contributed by atoms with van der Waals surface area (Å²) in [6.07, 6.45) is 2.01. The van der Waals surface area contributed by atoms with Crippen molar-refractivity contribution in [1.29, 1.82) is 0 Å². The van der Waals surface area contributed by atoms with Crippen molar-refractivity contribution in [1.82, 2.24) is 0 Å². The fourth-order valence-electron chi connectivity index (χ4n) is 3.01. The van der Waals surface area contributed by atoms with Gasteiger partial charge in [-0.2, -0.15) is 0 Å². The van der Waals surface area contributed by atoms with Crippen molar-refractivity contribution in [2.45, 2.75) is 39.3 Å². The number of hydrogen-bond donors (Lipinski definition) is 0. The first-order valence-electron chi connectivity index (χ1n) is 8.67. The maximum Gasteiger partial charge on any atom is 0.311 e. The predicted molar refractivity (Wildman–Crippen MR) is 95.4 cm³/mol. The SMILES string of the molecule is COc1cc2c(c(OC)c1)[C@@]1(C=CC(=O)[C@@H](COC(=O)C(C)(C)C)O1)OC2. The number of methoxy groups -OCH3 is 2. The molecule has 0 bridgehead atoms. The number of hydrogen-bond acceptors (Lipinski definition) is 7. The normalized spacial score (nSPS) is 24.0. The number of fused-ring (bicyclic) bond motifs is 2. The molecule has 0 saturated carbocycles. The zero-order valence-electron chi connectivity index (χ0n) is 16.2. The number of carbonyl (C=O) groups is 2. The summed E-state index contributed by atoms with van der Waals surface area (Å²) in [4.78, 5) is 24.3. The van der Waals surface area contributed by atoms with Crippen LogP contribution in [0.1, 0.15) is 31.9 Å². The second-order valence-corrected chi connectivity index (χ2v) is 7.51. The zero-order valence-corrected chi connectivity index (χ0v) is 16.2. The zero-order chi connectivity index (χ0) is 19.8. The third kappa shape index (κ3) is 3.57. The minimum Gasteiger partial charge on any atom is -0.497 e. The van der Waals surface area contributed by atoms with Gasteiger partial charge in [0.2, 0.25) is 5.79 Å². The Morgan fingerprint density at radius 3 is 2.63 bits per heavy atom. The Bertz CT molecular complexity index is 790. The van der Waals surface area contributed by atoms with Crippen LogP contribution in [0.4, 0.5) is 0 Å². The second-order valence-electron chi connectivity index (χ2n) is 7.51. The highest BCUT2D eigenvalue weighted by Gasteiger charge is 2.48. The van der Waals surface area contributed by atoms with Crippen LogP contribution in [0.2, 0.25) is 0 Å². The van der Waals surface area contributed by atoms with Crippen LogP contribution in [0.5, 0.6) is 11.5 Å². The Morgan fingerprint density at radius 1 is 1.26 bits per heavy atom. The molecule has 2 heterocycles. The number of esters is 1. The van der Waals surface area contributed by atoms with Crippen molar-refractivity contribution in [3.05, 3.63) is 35.4 Å². The maximum atomic E-state index is 12.3. The molecule has 7 heteroatoms. The van der Waals surface area contributed by atoms with Crippen LogP contribution >= 0.6 is 0 Å². The van der Waals surface area contributed by atoms with E-state index >= 15 is 0 Å². The first-order chi connectivity index (χ1) is 12.7. The largest absolute Gasteiger partial charge is 0.497 e. The molecule has 146 valence electrons. The molecular formula is C20H24O7. The number of ketones is 1. The van der Waals surface area contributed by atoms with E-state index in [1.165, 1.54) is 6.08 Å². The first kappa shape index (κ1) is 19.4. The summed E-state index contributed by atoms with van der Waals surface area (Å²) in [6.45, 7) is 5.33. The Balaban J connectivity index is 1.88.